The summed E-state index contributed by atoms with van der Waals surface area (Å²) in [6, 6.07) is 22.4. The van der Waals surface area contributed by atoms with Crippen molar-refractivity contribution >= 4 is 38.8 Å². The minimum atomic E-state index is 0.485. The number of rotatable bonds is 2. The van der Waals surface area contributed by atoms with Crippen molar-refractivity contribution in [1.29, 1.82) is 0 Å². The fourth-order valence-corrected chi connectivity index (χ4v) is 3.07. The lowest BCUT2D eigenvalue weighted by Gasteiger charge is -2.12. The topological polar surface area (TPSA) is 26.3 Å². The van der Waals surface area contributed by atoms with Crippen LogP contribution in [0.2, 0.25) is 0 Å². The Hall–Kier alpha value is -2.87. The van der Waals surface area contributed by atoms with Gasteiger partial charge in [0.1, 0.15) is 5.75 Å². The van der Waals surface area contributed by atoms with Crippen molar-refractivity contribution in [2.75, 3.05) is 0 Å². The van der Waals surface area contributed by atoms with E-state index in [1.54, 1.807) is 0 Å². The molecule has 0 aliphatic carbocycles. The molecule has 2 nitrogen and oxygen atoms in total. The highest BCUT2D eigenvalue weighted by molar-refractivity contribution is 6.26. The van der Waals surface area contributed by atoms with Crippen LogP contribution in [0.1, 0.15) is 0 Å². The Balaban J connectivity index is 2.36. The molecule has 0 aromatic heterocycles. The van der Waals surface area contributed by atoms with Gasteiger partial charge in [-0.05, 0) is 33.0 Å². The summed E-state index contributed by atoms with van der Waals surface area (Å²) >= 11 is 0. The fourth-order valence-electron chi connectivity index (χ4n) is 3.07. The predicted molar refractivity (Wildman–Crippen MR) is 85.7 cm³/mol. The maximum Gasteiger partial charge on any atom is 0.298 e. The van der Waals surface area contributed by atoms with Crippen LogP contribution in [0.3, 0.4) is 0 Å². The van der Waals surface area contributed by atoms with Gasteiger partial charge in [0.05, 0.1) is 0 Å². The normalized spacial score (nSPS) is 11.0. The van der Waals surface area contributed by atoms with Gasteiger partial charge in [-0.25, -0.2) is 0 Å². The molecule has 0 amide bonds. The van der Waals surface area contributed by atoms with Crippen molar-refractivity contribution in [3.8, 4) is 5.75 Å². The number of carbonyl (C=O) groups is 1. The molecule has 0 heterocycles. The number of benzene rings is 4. The first-order valence-corrected chi connectivity index (χ1v) is 6.82. The average molecular weight is 272 g/mol. The van der Waals surface area contributed by atoms with Gasteiger partial charge in [-0.3, -0.25) is 4.79 Å². The summed E-state index contributed by atoms with van der Waals surface area (Å²) in [6.45, 7) is 0.485. The second-order valence-electron chi connectivity index (χ2n) is 4.98. The minimum absolute atomic E-state index is 0.485. The molecule has 100 valence electrons. The van der Waals surface area contributed by atoms with Crippen molar-refractivity contribution in [3.63, 3.8) is 0 Å². The summed E-state index contributed by atoms with van der Waals surface area (Å²) in [5.74, 6) is 0.601. The SMILES string of the molecule is O=COc1cccc2c3ccccc3c3ccccc3c12. The van der Waals surface area contributed by atoms with Crippen LogP contribution in [0.25, 0.3) is 32.3 Å². The van der Waals surface area contributed by atoms with Crippen LogP contribution in [0, 0.1) is 0 Å². The minimum Gasteiger partial charge on any atom is -0.428 e. The Morgan fingerprint density at radius 2 is 1.10 bits per heavy atom. The summed E-state index contributed by atoms with van der Waals surface area (Å²) in [7, 11) is 0. The smallest absolute Gasteiger partial charge is 0.298 e. The average Bonchev–Trinajstić information content (AvgIpc) is 2.55. The highest BCUT2D eigenvalue weighted by atomic mass is 16.5. The Labute approximate surface area is 121 Å². The van der Waals surface area contributed by atoms with Crippen molar-refractivity contribution in [1.82, 2.24) is 0 Å². The van der Waals surface area contributed by atoms with E-state index in [2.05, 4.69) is 30.3 Å². The molecule has 0 N–H and O–H groups in total. The van der Waals surface area contributed by atoms with E-state index in [1.165, 1.54) is 16.2 Å². The number of fused-ring (bicyclic) bond motifs is 6. The number of hydrogen-bond donors (Lipinski definition) is 0. The molecule has 0 saturated heterocycles. The van der Waals surface area contributed by atoms with Gasteiger partial charge in [0, 0.05) is 5.39 Å². The monoisotopic (exact) mass is 272 g/mol. The van der Waals surface area contributed by atoms with E-state index in [0.29, 0.717) is 12.2 Å². The van der Waals surface area contributed by atoms with Crippen LogP contribution < -0.4 is 4.74 Å². The van der Waals surface area contributed by atoms with Crippen LogP contribution in [0.15, 0.2) is 66.7 Å². The lowest BCUT2D eigenvalue weighted by Crippen LogP contribution is -1.91. The molecule has 2 heteroatoms. The van der Waals surface area contributed by atoms with Gasteiger partial charge < -0.3 is 4.74 Å². The van der Waals surface area contributed by atoms with Crippen LogP contribution in [0.4, 0.5) is 0 Å². The zero-order valence-corrected chi connectivity index (χ0v) is 11.2. The Kier molecular flexibility index (Phi) is 2.61. The first kappa shape index (κ1) is 11.9. The first-order valence-electron chi connectivity index (χ1n) is 6.82. The van der Waals surface area contributed by atoms with E-state index in [1.807, 2.05) is 36.4 Å². The molecule has 0 spiro atoms. The second-order valence-corrected chi connectivity index (χ2v) is 4.98. The highest BCUT2D eigenvalue weighted by Crippen LogP contribution is 2.39. The Bertz CT molecular complexity index is 941. The van der Waals surface area contributed by atoms with Gasteiger partial charge in [0.2, 0.25) is 0 Å². The molecule has 0 fully saturated rings. The third-order valence-corrected chi connectivity index (χ3v) is 3.91. The molecule has 0 bridgehead atoms. The number of carbonyl (C=O) groups excluding carboxylic acids is 1. The van der Waals surface area contributed by atoms with E-state index in [4.69, 9.17) is 4.74 Å². The quantitative estimate of drug-likeness (QED) is 0.391. The molecule has 4 rings (SSSR count). The van der Waals surface area contributed by atoms with Gasteiger partial charge in [-0.2, -0.15) is 0 Å². The maximum atomic E-state index is 10.8. The largest absolute Gasteiger partial charge is 0.428 e. The molecule has 0 aliphatic heterocycles. The molecule has 0 aliphatic rings. The summed E-state index contributed by atoms with van der Waals surface area (Å²) in [6.07, 6.45) is 0. The molecule has 4 aromatic rings. The van der Waals surface area contributed by atoms with Crippen LogP contribution in [-0.2, 0) is 4.79 Å². The van der Waals surface area contributed by atoms with Gasteiger partial charge in [0.25, 0.3) is 6.47 Å². The maximum absolute atomic E-state index is 10.8. The lowest BCUT2D eigenvalue weighted by molar-refractivity contribution is -0.120. The van der Waals surface area contributed by atoms with Gasteiger partial charge in [-0.1, -0.05) is 60.7 Å². The molecule has 0 unspecified atom stereocenters. The highest BCUT2D eigenvalue weighted by Gasteiger charge is 2.11. The van der Waals surface area contributed by atoms with E-state index < -0.39 is 0 Å². The van der Waals surface area contributed by atoms with E-state index in [-0.39, 0.29) is 0 Å². The van der Waals surface area contributed by atoms with Gasteiger partial charge >= 0.3 is 0 Å². The summed E-state index contributed by atoms with van der Waals surface area (Å²) in [5, 5.41) is 6.74. The molecule has 0 atom stereocenters. The zero-order valence-electron chi connectivity index (χ0n) is 11.2. The van der Waals surface area contributed by atoms with Crippen molar-refractivity contribution < 1.29 is 9.53 Å². The van der Waals surface area contributed by atoms with Crippen LogP contribution >= 0.6 is 0 Å². The second kappa shape index (κ2) is 4.60. The van der Waals surface area contributed by atoms with Crippen molar-refractivity contribution in [3.05, 3.63) is 66.7 Å². The predicted octanol–water partition coefficient (Wildman–Crippen LogP) is 4.68. The van der Waals surface area contributed by atoms with Crippen molar-refractivity contribution in [2.24, 2.45) is 0 Å². The van der Waals surface area contributed by atoms with E-state index in [0.717, 1.165) is 16.2 Å². The van der Waals surface area contributed by atoms with E-state index in [9.17, 15) is 4.79 Å². The Morgan fingerprint density at radius 1 is 0.619 bits per heavy atom. The summed E-state index contributed by atoms with van der Waals surface area (Å²) < 4.78 is 5.20. The summed E-state index contributed by atoms with van der Waals surface area (Å²) in [5.41, 5.74) is 0. The molecule has 21 heavy (non-hydrogen) atoms. The lowest BCUT2D eigenvalue weighted by atomic mass is 9.94. The van der Waals surface area contributed by atoms with Crippen LogP contribution in [-0.4, -0.2) is 6.47 Å². The third-order valence-electron chi connectivity index (χ3n) is 3.91. The number of hydrogen-bond acceptors (Lipinski definition) is 2. The van der Waals surface area contributed by atoms with Crippen LogP contribution in [0.5, 0.6) is 5.75 Å². The molecule has 0 saturated carbocycles. The number of ether oxygens (including phenoxy) is 1. The summed E-state index contributed by atoms with van der Waals surface area (Å²) in [4.78, 5) is 10.8. The Morgan fingerprint density at radius 3 is 1.67 bits per heavy atom. The van der Waals surface area contributed by atoms with Crippen molar-refractivity contribution in [2.45, 2.75) is 0 Å². The first-order chi connectivity index (χ1) is 10.4. The zero-order chi connectivity index (χ0) is 14.2. The molecule has 0 radical (unpaired) electrons. The standard InChI is InChI=1S/C19H12O2/c20-12-21-18-11-5-10-17-15-7-2-1-6-13(15)14-8-3-4-9-16(14)19(17)18/h1-12H. The van der Waals surface area contributed by atoms with E-state index >= 15 is 0 Å². The molecule has 4 aromatic carbocycles. The fraction of sp³-hybridized carbons (Fsp3) is 0. The van der Waals surface area contributed by atoms with Gasteiger partial charge in [-0.15, -0.1) is 0 Å². The third kappa shape index (κ3) is 1.69. The molecular weight excluding hydrogens is 260 g/mol. The van der Waals surface area contributed by atoms with Gasteiger partial charge in [0.15, 0.2) is 0 Å². The molecular formula is C19H12O2.